The van der Waals surface area contributed by atoms with E-state index in [2.05, 4.69) is 0 Å². The highest BCUT2D eigenvalue weighted by Gasteiger charge is 2.31. The zero-order valence-corrected chi connectivity index (χ0v) is 20.7. The maximum Gasteiger partial charge on any atom is 0.438 e. The minimum Gasteiger partial charge on any atom is -0.371 e. The van der Waals surface area contributed by atoms with Crippen molar-refractivity contribution in [3.05, 3.63) is 67.6 Å². The highest BCUT2D eigenvalue weighted by molar-refractivity contribution is 6.35. The van der Waals surface area contributed by atoms with Gasteiger partial charge in [0.15, 0.2) is 0 Å². The maximum absolute atomic E-state index is 12.4. The predicted octanol–water partition coefficient (Wildman–Crippen LogP) is 4.66. The van der Waals surface area contributed by atoms with Crippen LogP contribution in [0.2, 0.25) is 20.1 Å². The minimum atomic E-state index is -1.14. The molecular formula is C22H20Cl4N2O6. The molecular weight excluding hydrogens is 530 g/mol. The lowest BCUT2D eigenvalue weighted by molar-refractivity contribution is -0.239. The molecule has 2 saturated heterocycles. The second-order valence-electron chi connectivity index (χ2n) is 7.66. The van der Waals surface area contributed by atoms with Crippen LogP contribution >= 0.6 is 46.4 Å². The molecule has 0 amide bonds. The van der Waals surface area contributed by atoms with Crippen LogP contribution in [0.5, 0.6) is 0 Å². The fraction of sp³-hybridized carbons (Fsp3) is 0.364. The average Bonchev–Trinajstić information content (AvgIpc) is 2.78. The standard InChI is InChI=1S/C22H20Cl4N2O6/c23-15-5-13(6-16(24)9-15)19-11-27(1-3-31-19)33-21(29)22(30)34-28-2-4-32-20(12-28)14-7-17(25)10-18(26)8-14/h5-10,19-20H,1-4,11-12H2. The Kier molecular flexibility index (Phi) is 8.55. The number of ether oxygens (including phenoxy) is 2. The van der Waals surface area contributed by atoms with Gasteiger partial charge in [-0.05, 0) is 47.5 Å². The lowest BCUT2D eigenvalue weighted by atomic mass is 10.1. The number of halogens is 4. The molecule has 2 unspecified atom stereocenters. The van der Waals surface area contributed by atoms with E-state index in [4.69, 9.17) is 65.6 Å². The summed E-state index contributed by atoms with van der Waals surface area (Å²) < 4.78 is 11.5. The van der Waals surface area contributed by atoms with Crippen molar-refractivity contribution in [1.29, 1.82) is 0 Å². The van der Waals surface area contributed by atoms with Gasteiger partial charge in [-0.15, -0.1) is 10.1 Å². The van der Waals surface area contributed by atoms with Gasteiger partial charge >= 0.3 is 11.9 Å². The van der Waals surface area contributed by atoms with E-state index in [0.29, 0.717) is 33.2 Å². The summed E-state index contributed by atoms with van der Waals surface area (Å²) in [6.07, 6.45) is -0.864. The van der Waals surface area contributed by atoms with Gasteiger partial charge in [-0.3, -0.25) is 0 Å². The predicted molar refractivity (Wildman–Crippen MR) is 126 cm³/mol. The monoisotopic (exact) mass is 548 g/mol. The molecule has 0 saturated carbocycles. The molecule has 2 aliphatic heterocycles. The van der Waals surface area contributed by atoms with Crippen molar-refractivity contribution >= 4 is 58.3 Å². The average molecular weight is 550 g/mol. The Morgan fingerprint density at radius 3 is 1.38 bits per heavy atom. The van der Waals surface area contributed by atoms with Crippen molar-refractivity contribution in [2.75, 3.05) is 39.4 Å². The normalized spacial score (nSPS) is 21.8. The van der Waals surface area contributed by atoms with E-state index in [1.165, 1.54) is 10.1 Å². The van der Waals surface area contributed by atoms with Gasteiger partial charge in [0.05, 0.1) is 51.6 Å². The number of morpholine rings is 2. The molecule has 0 N–H and O–H groups in total. The largest absolute Gasteiger partial charge is 0.438 e. The molecule has 2 fully saturated rings. The molecule has 2 aromatic carbocycles. The highest BCUT2D eigenvalue weighted by Crippen LogP contribution is 2.29. The van der Waals surface area contributed by atoms with Gasteiger partial charge in [-0.25, -0.2) is 9.59 Å². The second-order valence-corrected chi connectivity index (χ2v) is 9.40. The maximum atomic E-state index is 12.4. The Bertz CT molecular complexity index is 948. The number of hydrogen-bond donors (Lipinski definition) is 0. The minimum absolute atomic E-state index is 0.199. The molecule has 12 heteroatoms. The molecule has 0 bridgehead atoms. The molecule has 0 radical (unpaired) electrons. The molecule has 2 aliphatic rings. The lowest BCUT2D eigenvalue weighted by Gasteiger charge is -2.32. The van der Waals surface area contributed by atoms with Gasteiger partial charge in [-0.2, -0.15) is 0 Å². The van der Waals surface area contributed by atoms with Crippen LogP contribution in [-0.2, 0) is 28.7 Å². The second kappa shape index (κ2) is 11.4. The smallest absolute Gasteiger partial charge is 0.371 e. The summed E-state index contributed by atoms with van der Waals surface area (Å²) in [6, 6.07) is 10.1. The Morgan fingerprint density at radius 2 is 1.03 bits per heavy atom. The van der Waals surface area contributed by atoms with Crippen LogP contribution in [0.1, 0.15) is 23.3 Å². The van der Waals surface area contributed by atoms with Crippen LogP contribution in [0.25, 0.3) is 0 Å². The summed E-state index contributed by atoms with van der Waals surface area (Å²) in [5.41, 5.74) is 1.47. The molecule has 34 heavy (non-hydrogen) atoms. The van der Waals surface area contributed by atoms with Crippen molar-refractivity contribution in [1.82, 2.24) is 10.1 Å². The van der Waals surface area contributed by atoms with Gasteiger partial charge in [0.2, 0.25) is 0 Å². The van der Waals surface area contributed by atoms with Crippen molar-refractivity contribution in [3.8, 4) is 0 Å². The molecule has 0 spiro atoms. The fourth-order valence-electron chi connectivity index (χ4n) is 3.65. The third kappa shape index (κ3) is 6.74. The van der Waals surface area contributed by atoms with Crippen LogP contribution in [0.15, 0.2) is 36.4 Å². The molecule has 2 atom stereocenters. The summed E-state index contributed by atoms with van der Waals surface area (Å²) in [6.45, 7) is 1.54. The van der Waals surface area contributed by atoms with Crippen LogP contribution in [0, 0.1) is 0 Å². The third-order valence-corrected chi connectivity index (χ3v) is 6.04. The van der Waals surface area contributed by atoms with Crippen LogP contribution in [-0.4, -0.2) is 61.5 Å². The Labute approximate surface area is 216 Å². The molecule has 8 nitrogen and oxygen atoms in total. The SMILES string of the molecule is O=C(ON1CCOC(c2cc(Cl)cc(Cl)c2)C1)C(=O)ON1CCOC(c2cc(Cl)cc(Cl)c2)C1. The Balaban J connectivity index is 1.31. The van der Waals surface area contributed by atoms with Crippen molar-refractivity contribution < 1.29 is 28.7 Å². The molecule has 182 valence electrons. The van der Waals surface area contributed by atoms with E-state index in [-0.39, 0.29) is 26.3 Å². The Morgan fingerprint density at radius 1 is 0.676 bits per heavy atom. The topological polar surface area (TPSA) is 77.5 Å². The zero-order valence-electron chi connectivity index (χ0n) is 17.7. The van der Waals surface area contributed by atoms with Gasteiger partial charge in [-0.1, -0.05) is 46.4 Å². The first-order valence-electron chi connectivity index (χ1n) is 10.4. The fourth-order valence-corrected chi connectivity index (χ4v) is 4.74. The van der Waals surface area contributed by atoms with Crippen molar-refractivity contribution in [3.63, 3.8) is 0 Å². The Hall–Kier alpha value is -1.62. The molecule has 2 heterocycles. The number of benzene rings is 2. The summed E-state index contributed by atoms with van der Waals surface area (Å²) in [4.78, 5) is 35.2. The first-order valence-corrected chi connectivity index (χ1v) is 11.9. The molecule has 0 aliphatic carbocycles. The van der Waals surface area contributed by atoms with E-state index in [9.17, 15) is 9.59 Å². The first-order chi connectivity index (χ1) is 16.3. The number of hydrogen-bond acceptors (Lipinski definition) is 8. The van der Waals surface area contributed by atoms with Crippen molar-refractivity contribution in [2.45, 2.75) is 12.2 Å². The number of rotatable bonds is 4. The number of hydroxylamine groups is 4. The molecule has 4 rings (SSSR count). The number of carbonyl (C=O) groups excluding carboxylic acids is 2. The number of carbonyl (C=O) groups is 2. The summed E-state index contributed by atoms with van der Waals surface area (Å²) >= 11 is 24.2. The van der Waals surface area contributed by atoms with Crippen LogP contribution in [0.4, 0.5) is 0 Å². The molecule has 2 aromatic rings. The van der Waals surface area contributed by atoms with Gasteiger partial charge < -0.3 is 19.1 Å². The van der Waals surface area contributed by atoms with E-state index in [1.807, 2.05) is 0 Å². The lowest BCUT2D eigenvalue weighted by Crippen LogP contribution is -2.44. The summed E-state index contributed by atoms with van der Waals surface area (Å²) in [5, 5.41) is 4.56. The van der Waals surface area contributed by atoms with Gasteiger partial charge in [0.1, 0.15) is 0 Å². The highest BCUT2D eigenvalue weighted by atomic mass is 35.5. The van der Waals surface area contributed by atoms with E-state index < -0.39 is 24.1 Å². The number of nitrogens with zero attached hydrogens (tertiary/aromatic N) is 2. The van der Waals surface area contributed by atoms with Gasteiger partial charge in [0.25, 0.3) is 0 Å². The summed E-state index contributed by atoms with van der Waals surface area (Å²) in [7, 11) is 0. The van der Waals surface area contributed by atoms with Crippen molar-refractivity contribution in [2.24, 2.45) is 0 Å². The molecule has 0 aromatic heterocycles. The third-order valence-electron chi connectivity index (χ3n) is 5.16. The van der Waals surface area contributed by atoms with Crippen LogP contribution < -0.4 is 0 Å². The van der Waals surface area contributed by atoms with E-state index in [0.717, 1.165) is 11.1 Å². The van der Waals surface area contributed by atoms with Gasteiger partial charge in [0, 0.05) is 20.1 Å². The quantitative estimate of drug-likeness (QED) is 0.509. The first kappa shape index (κ1) is 25.5. The zero-order chi connectivity index (χ0) is 24.2. The van der Waals surface area contributed by atoms with E-state index >= 15 is 0 Å². The van der Waals surface area contributed by atoms with Crippen LogP contribution in [0.3, 0.4) is 0 Å². The summed E-state index contributed by atoms with van der Waals surface area (Å²) in [5.74, 6) is -2.28. The van der Waals surface area contributed by atoms with E-state index in [1.54, 1.807) is 36.4 Å².